The minimum atomic E-state index is -0.0918. The molecule has 3 aromatic carbocycles. The Hall–Kier alpha value is -3.51. The number of aryl methyl sites for hydroxylation is 2. The molecule has 6 heteroatoms. The second kappa shape index (κ2) is 9.16. The van der Waals surface area contributed by atoms with Crippen LogP contribution in [0.1, 0.15) is 30.5 Å². The van der Waals surface area contributed by atoms with Crippen molar-refractivity contribution < 1.29 is 14.3 Å². The molecule has 0 aliphatic carbocycles. The van der Waals surface area contributed by atoms with Crippen LogP contribution in [0.25, 0.3) is 6.08 Å². The molecule has 2 aliphatic heterocycles. The lowest BCUT2D eigenvalue weighted by molar-refractivity contribution is -0.113. The number of amides is 1. The number of amidine groups is 1. The predicted octanol–water partition coefficient (Wildman–Crippen LogP) is 6.35. The second-order valence-electron chi connectivity index (χ2n) is 7.80. The average Bonchev–Trinajstić information content (AvgIpc) is 3.43. The van der Waals surface area contributed by atoms with Crippen LogP contribution in [0.3, 0.4) is 0 Å². The summed E-state index contributed by atoms with van der Waals surface area (Å²) in [5.74, 6) is 1.32. The Kier molecular flexibility index (Phi) is 5.92. The van der Waals surface area contributed by atoms with Gasteiger partial charge in [-0.15, -0.1) is 0 Å². The van der Waals surface area contributed by atoms with E-state index in [-0.39, 0.29) is 12.7 Å². The van der Waals surface area contributed by atoms with Gasteiger partial charge in [-0.05, 0) is 83.8 Å². The summed E-state index contributed by atoms with van der Waals surface area (Å²) in [6.45, 7) is 4.46. The van der Waals surface area contributed by atoms with Crippen LogP contribution in [-0.2, 0) is 17.6 Å². The molecule has 1 amide bonds. The Bertz CT molecular complexity index is 1250. The number of fused-ring (bicyclic) bond motifs is 1. The van der Waals surface area contributed by atoms with Gasteiger partial charge in [0.15, 0.2) is 16.7 Å². The first-order chi connectivity index (χ1) is 16.1. The molecule has 33 heavy (non-hydrogen) atoms. The van der Waals surface area contributed by atoms with Gasteiger partial charge in [-0.2, -0.15) is 0 Å². The van der Waals surface area contributed by atoms with Gasteiger partial charge in [0.05, 0.1) is 16.3 Å². The SMILES string of the molecule is CCc1ccc(N=C2S/C(=C\c3ccc4c(c3)OCO4)C(=O)N2c2ccc(CC)cc2)cc1. The van der Waals surface area contributed by atoms with Gasteiger partial charge in [0.1, 0.15) is 0 Å². The maximum absolute atomic E-state index is 13.5. The number of anilines is 1. The van der Waals surface area contributed by atoms with Gasteiger partial charge >= 0.3 is 0 Å². The molecule has 1 saturated heterocycles. The fourth-order valence-electron chi connectivity index (χ4n) is 3.73. The van der Waals surface area contributed by atoms with Gasteiger partial charge in [-0.3, -0.25) is 9.69 Å². The summed E-state index contributed by atoms with van der Waals surface area (Å²) in [6, 6.07) is 21.9. The lowest BCUT2D eigenvalue weighted by Gasteiger charge is -2.16. The normalized spacial score (nSPS) is 17.4. The topological polar surface area (TPSA) is 51.1 Å². The average molecular weight is 457 g/mol. The molecule has 0 aromatic heterocycles. The van der Waals surface area contributed by atoms with E-state index < -0.39 is 0 Å². The molecule has 166 valence electrons. The van der Waals surface area contributed by atoms with Crippen LogP contribution in [0.15, 0.2) is 76.6 Å². The van der Waals surface area contributed by atoms with E-state index in [1.165, 1.54) is 22.9 Å². The van der Waals surface area contributed by atoms with Crippen LogP contribution in [-0.4, -0.2) is 17.9 Å². The Morgan fingerprint density at radius 1 is 0.909 bits per heavy atom. The van der Waals surface area contributed by atoms with E-state index in [9.17, 15) is 4.79 Å². The molecule has 0 spiro atoms. The smallest absolute Gasteiger partial charge is 0.271 e. The largest absolute Gasteiger partial charge is 0.454 e. The first-order valence-corrected chi connectivity index (χ1v) is 11.9. The second-order valence-corrected chi connectivity index (χ2v) is 8.81. The standard InChI is InChI=1S/C27H24N2O3S/c1-3-18-5-10-21(11-6-18)28-27-29(22-12-7-19(4-2)8-13-22)26(30)25(33-27)16-20-9-14-23-24(15-20)32-17-31-23/h5-16H,3-4,17H2,1-2H3/b25-16-,28-27?. The molecule has 0 N–H and O–H groups in total. The van der Waals surface area contributed by atoms with Gasteiger partial charge in [-0.1, -0.05) is 44.2 Å². The van der Waals surface area contributed by atoms with E-state index in [2.05, 4.69) is 38.1 Å². The predicted molar refractivity (Wildman–Crippen MR) is 134 cm³/mol. The Morgan fingerprint density at radius 2 is 1.58 bits per heavy atom. The van der Waals surface area contributed by atoms with Crippen LogP contribution in [0, 0.1) is 0 Å². The summed E-state index contributed by atoms with van der Waals surface area (Å²) in [7, 11) is 0. The third-order valence-corrected chi connectivity index (χ3v) is 6.64. The molecule has 0 bridgehead atoms. The molecule has 1 fully saturated rings. The monoisotopic (exact) mass is 456 g/mol. The fraction of sp³-hybridized carbons (Fsp3) is 0.185. The van der Waals surface area contributed by atoms with E-state index in [4.69, 9.17) is 14.5 Å². The summed E-state index contributed by atoms with van der Waals surface area (Å²) in [4.78, 5) is 20.6. The Balaban J connectivity index is 1.53. The quantitative estimate of drug-likeness (QED) is 0.420. The molecule has 0 radical (unpaired) electrons. The van der Waals surface area contributed by atoms with Crippen molar-refractivity contribution in [2.45, 2.75) is 26.7 Å². The number of ether oxygens (including phenoxy) is 2. The maximum atomic E-state index is 13.5. The Labute approximate surface area is 197 Å². The first kappa shape index (κ1) is 21.3. The highest BCUT2D eigenvalue weighted by molar-refractivity contribution is 8.19. The molecular weight excluding hydrogens is 432 g/mol. The number of hydrogen-bond acceptors (Lipinski definition) is 5. The van der Waals surface area contributed by atoms with Gasteiger partial charge in [0.2, 0.25) is 6.79 Å². The van der Waals surface area contributed by atoms with Crippen LogP contribution in [0.5, 0.6) is 11.5 Å². The molecule has 5 rings (SSSR count). The van der Waals surface area contributed by atoms with Crippen molar-refractivity contribution in [2.24, 2.45) is 4.99 Å². The molecular formula is C27H24N2O3S. The van der Waals surface area contributed by atoms with Gasteiger partial charge in [0, 0.05) is 0 Å². The summed E-state index contributed by atoms with van der Waals surface area (Å²) in [6.07, 6.45) is 3.80. The van der Waals surface area contributed by atoms with Crippen molar-refractivity contribution in [1.29, 1.82) is 0 Å². The van der Waals surface area contributed by atoms with Crippen molar-refractivity contribution in [1.82, 2.24) is 0 Å². The third kappa shape index (κ3) is 4.39. The first-order valence-electron chi connectivity index (χ1n) is 11.0. The number of nitrogens with zero attached hydrogens (tertiary/aromatic N) is 2. The molecule has 3 aromatic rings. The number of carbonyl (C=O) groups is 1. The van der Waals surface area contributed by atoms with E-state index >= 15 is 0 Å². The van der Waals surface area contributed by atoms with Gasteiger partial charge in [-0.25, -0.2) is 4.99 Å². The van der Waals surface area contributed by atoms with Gasteiger partial charge < -0.3 is 9.47 Å². The number of rotatable bonds is 5. The minimum Gasteiger partial charge on any atom is -0.454 e. The van der Waals surface area contributed by atoms with Crippen molar-refractivity contribution in [3.63, 3.8) is 0 Å². The highest BCUT2D eigenvalue weighted by Gasteiger charge is 2.35. The van der Waals surface area contributed by atoms with Crippen LogP contribution >= 0.6 is 11.8 Å². The Morgan fingerprint density at radius 3 is 2.27 bits per heavy atom. The van der Waals surface area contributed by atoms with Crippen LogP contribution < -0.4 is 14.4 Å². The summed E-state index contributed by atoms with van der Waals surface area (Å²) in [5.41, 5.74) is 4.99. The number of hydrogen-bond donors (Lipinski definition) is 0. The fourth-order valence-corrected chi connectivity index (χ4v) is 4.73. The van der Waals surface area contributed by atoms with Gasteiger partial charge in [0.25, 0.3) is 5.91 Å². The molecule has 0 atom stereocenters. The zero-order chi connectivity index (χ0) is 22.8. The minimum absolute atomic E-state index is 0.0918. The lowest BCUT2D eigenvalue weighted by Crippen LogP contribution is -2.28. The lowest BCUT2D eigenvalue weighted by atomic mass is 10.1. The molecule has 2 heterocycles. The summed E-state index contributed by atoms with van der Waals surface area (Å²) >= 11 is 1.38. The van der Waals surface area contributed by atoms with Crippen molar-refractivity contribution >= 4 is 40.3 Å². The summed E-state index contributed by atoms with van der Waals surface area (Å²) in [5, 5.41) is 0.639. The zero-order valence-corrected chi connectivity index (χ0v) is 19.4. The molecule has 5 nitrogen and oxygen atoms in total. The molecule has 0 unspecified atom stereocenters. The molecule has 0 saturated carbocycles. The number of thioether (sulfide) groups is 1. The third-order valence-electron chi connectivity index (χ3n) is 5.67. The number of carbonyl (C=O) groups excluding carboxylic acids is 1. The van der Waals surface area contributed by atoms with E-state index in [1.54, 1.807) is 4.90 Å². The number of aliphatic imine (C=N–C) groups is 1. The van der Waals surface area contributed by atoms with Crippen LogP contribution in [0.2, 0.25) is 0 Å². The van der Waals surface area contributed by atoms with E-state index in [1.807, 2.05) is 48.5 Å². The van der Waals surface area contributed by atoms with Crippen LogP contribution in [0.4, 0.5) is 11.4 Å². The van der Waals surface area contributed by atoms with Crippen molar-refractivity contribution in [3.8, 4) is 11.5 Å². The summed E-state index contributed by atoms with van der Waals surface area (Å²) < 4.78 is 10.9. The van der Waals surface area contributed by atoms with E-state index in [0.29, 0.717) is 15.8 Å². The maximum Gasteiger partial charge on any atom is 0.271 e. The zero-order valence-electron chi connectivity index (χ0n) is 18.6. The molecule has 2 aliphatic rings. The highest BCUT2D eigenvalue weighted by Crippen LogP contribution is 2.39. The van der Waals surface area contributed by atoms with E-state index in [0.717, 1.165) is 35.5 Å². The number of benzene rings is 3. The highest BCUT2D eigenvalue weighted by atomic mass is 32.2. The van der Waals surface area contributed by atoms with Crippen molar-refractivity contribution in [3.05, 3.63) is 88.3 Å². The van der Waals surface area contributed by atoms with Crippen molar-refractivity contribution in [2.75, 3.05) is 11.7 Å².